The van der Waals surface area contributed by atoms with Crippen LogP contribution in [0.3, 0.4) is 0 Å². The summed E-state index contributed by atoms with van der Waals surface area (Å²) in [7, 11) is 0. The molecule has 0 spiro atoms. The van der Waals surface area contributed by atoms with Gasteiger partial charge in [0, 0.05) is 5.54 Å². The average Bonchev–Trinajstić information content (AvgIpc) is 3.07. The van der Waals surface area contributed by atoms with Crippen molar-refractivity contribution in [2.24, 2.45) is 40.2 Å². The minimum atomic E-state index is -1.26. The lowest BCUT2D eigenvalue weighted by molar-refractivity contribution is -0.309. The summed E-state index contributed by atoms with van der Waals surface area (Å²) >= 11 is 0. The van der Waals surface area contributed by atoms with E-state index in [-0.39, 0.29) is 28.6 Å². The quantitative estimate of drug-likeness (QED) is 0.392. The van der Waals surface area contributed by atoms with Gasteiger partial charge in [0.05, 0.1) is 18.3 Å². The number of hydrogen-bond donors (Lipinski definition) is 5. The fourth-order valence-corrected chi connectivity index (χ4v) is 9.54. The molecule has 5 rings (SSSR count). The summed E-state index contributed by atoms with van der Waals surface area (Å²) in [6.07, 6.45) is 4.12. The molecule has 7 heteroatoms. The fourth-order valence-electron chi connectivity index (χ4n) is 9.54. The monoisotopic (exact) mass is 481 g/mol. The van der Waals surface area contributed by atoms with Crippen LogP contribution in [0, 0.1) is 34.5 Å². The second-order valence-electron chi connectivity index (χ2n) is 13.1. The molecule has 0 aromatic carbocycles. The van der Waals surface area contributed by atoms with Crippen LogP contribution in [0.5, 0.6) is 0 Å². The van der Waals surface area contributed by atoms with Crippen molar-refractivity contribution in [3.8, 4) is 0 Å². The van der Waals surface area contributed by atoms with Gasteiger partial charge in [-0.1, -0.05) is 13.8 Å². The predicted octanol–water partition coefficient (Wildman–Crippen LogP) is 2.32. The molecule has 196 valence electrons. The first-order valence-electron chi connectivity index (χ1n) is 13.7. The first kappa shape index (κ1) is 25.4. The Bertz CT molecular complexity index is 765. The molecular formula is C27H47NO6. The SMILES string of the molecule is C[C@@H](O)[C@H]1CC[C@]2(N)C3CC[C@@H]4C[C@@H](OC5O[C@H](C)[C@H](O)[C@@H](O)[C@H]5O)CC[C@]4(C)C3CC[C@]12C. The van der Waals surface area contributed by atoms with Crippen molar-refractivity contribution in [3.05, 3.63) is 0 Å². The van der Waals surface area contributed by atoms with Crippen LogP contribution in [-0.4, -0.2) is 68.9 Å². The Labute approximate surface area is 204 Å². The number of hydrogen-bond acceptors (Lipinski definition) is 7. The van der Waals surface area contributed by atoms with Gasteiger partial charge in [0.25, 0.3) is 0 Å². The van der Waals surface area contributed by atoms with Crippen molar-refractivity contribution in [2.45, 2.75) is 134 Å². The van der Waals surface area contributed by atoms with Crippen LogP contribution >= 0.6 is 0 Å². The molecule has 1 saturated heterocycles. The summed E-state index contributed by atoms with van der Waals surface area (Å²) in [5.41, 5.74) is 7.40. The summed E-state index contributed by atoms with van der Waals surface area (Å²) in [4.78, 5) is 0. The van der Waals surface area contributed by atoms with Crippen molar-refractivity contribution in [3.63, 3.8) is 0 Å². The minimum Gasteiger partial charge on any atom is -0.393 e. The van der Waals surface area contributed by atoms with Gasteiger partial charge < -0.3 is 35.6 Å². The zero-order valence-corrected chi connectivity index (χ0v) is 21.4. The number of fused-ring (bicyclic) bond motifs is 5. The van der Waals surface area contributed by atoms with Gasteiger partial charge in [-0.15, -0.1) is 0 Å². The molecular weight excluding hydrogens is 434 g/mol. The number of ether oxygens (including phenoxy) is 2. The van der Waals surface area contributed by atoms with Gasteiger partial charge in [-0.05, 0) is 106 Å². The number of rotatable bonds is 3. The minimum absolute atomic E-state index is 0.0163. The smallest absolute Gasteiger partial charge is 0.186 e. The zero-order chi connectivity index (χ0) is 24.6. The lowest BCUT2D eigenvalue weighted by Crippen LogP contribution is -2.67. The van der Waals surface area contributed by atoms with Gasteiger partial charge in [-0.3, -0.25) is 0 Å². The highest BCUT2D eigenvalue weighted by atomic mass is 16.7. The van der Waals surface area contributed by atoms with E-state index in [1.54, 1.807) is 6.92 Å². The number of aliphatic hydroxyl groups excluding tert-OH is 4. The van der Waals surface area contributed by atoms with E-state index in [2.05, 4.69) is 13.8 Å². The highest BCUT2D eigenvalue weighted by Crippen LogP contribution is 2.68. The molecule has 14 atom stereocenters. The third-order valence-corrected chi connectivity index (χ3v) is 11.7. The van der Waals surface area contributed by atoms with E-state index in [1.807, 2.05) is 6.92 Å². The van der Waals surface area contributed by atoms with Crippen molar-refractivity contribution in [1.29, 1.82) is 0 Å². The molecule has 3 unspecified atom stereocenters. The maximum Gasteiger partial charge on any atom is 0.186 e. The normalized spacial score (nSPS) is 58.5. The Hall–Kier alpha value is -0.280. The Balaban J connectivity index is 1.29. The molecule has 0 radical (unpaired) electrons. The maximum absolute atomic E-state index is 10.5. The largest absolute Gasteiger partial charge is 0.393 e. The van der Waals surface area contributed by atoms with Gasteiger partial charge in [-0.2, -0.15) is 0 Å². The van der Waals surface area contributed by atoms with Crippen molar-refractivity contribution >= 4 is 0 Å². The first-order chi connectivity index (χ1) is 15.9. The maximum atomic E-state index is 10.5. The highest BCUT2D eigenvalue weighted by molar-refractivity contribution is 5.19. The molecule has 5 fully saturated rings. The van der Waals surface area contributed by atoms with Crippen LogP contribution in [-0.2, 0) is 9.47 Å². The van der Waals surface area contributed by atoms with Gasteiger partial charge >= 0.3 is 0 Å². The van der Waals surface area contributed by atoms with E-state index in [1.165, 1.54) is 6.42 Å². The molecule has 1 heterocycles. The third kappa shape index (κ3) is 3.56. The zero-order valence-electron chi connectivity index (χ0n) is 21.4. The molecule has 34 heavy (non-hydrogen) atoms. The predicted molar refractivity (Wildman–Crippen MR) is 128 cm³/mol. The van der Waals surface area contributed by atoms with Crippen LogP contribution in [0.25, 0.3) is 0 Å². The Kier molecular flexibility index (Phi) is 6.45. The van der Waals surface area contributed by atoms with Crippen molar-refractivity contribution in [1.82, 2.24) is 0 Å². The summed E-state index contributed by atoms with van der Waals surface area (Å²) < 4.78 is 11.9. The molecule has 4 saturated carbocycles. The van der Waals surface area contributed by atoms with Crippen LogP contribution < -0.4 is 5.73 Å². The van der Waals surface area contributed by atoms with Gasteiger partial charge in [0.15, 0.2) is 6.29 Å². The molecule has 0 aromatic heterocycles. The lowest BCUT2D eigenvalue weighted by Gasteiger charge is -2.64. The molecule has 4 aliphatic carbocycles. The van der Waals surface area contributed by atoms with Crippen molar-refractivity contribution in [2.75, 3.05) is 0 Å². The Morgan fingerprint density at radius 3 is 2.35 bits per heavy atom. The summed E-state index contributed by atoms with van der Waals surface area (Å²) in [5, 5.41) is 41.0. The standard InChI is InChI=1S/C27H47NO6/c1-14(29)18-9-12-27(28)20-6-5-16-13-17(34-24-23(32)22(31)21(30)15(2)33-24)7-10-25(16,3)19(20)8-11-26(18,27)4/h14-24,29-32H,5-13,28H2,1-4H3/t14-,15-,16-,17+,18-,19?,20?,21+,22-,23-,24?,25+,26-,27+/m1/s1. The average molecular weight is 482 g/mol. The topological polar surface area (TPSA) is 125 Å². The molecule has 0 amide bonds. The van der Waals surface area contributed by atoms with E-state index < -0.39 is 30.7 Å². The number of nitrogens with two attached hydrogens (primary N) is 1. The lowest BCUT2D eigenvalue weighted by atomic mass is 9.42. The van der Waals surface area contributed by atoms with E-state index in [4.69, 9.17) is 15.2 Å². The fraction of sp³-hybridized carbons (Fsp3) is 1.00. The molecule has 6 N–H and O–H groups in total. The van der Waals surface area contributed by atoms with Crippen molar-refractivity contribution < 1.29 is 29.9 Å². The third-order valence-electron chi connectivity index (χ3n) is 11.7. The van der Waals surface area contributed by atoms with Crippen LogP contribution in [0.1, 0.15) is 85.5 Å². The van der Waals surface area contributed by atoms with E-state index in [0.29, 0.717) is 23.7 Å². The molecule has 0 bridgehead atoms. The molecule has 5 aliphatic rings. The second-order valence-corrected chi connectivity index (χ2v) is 13.1. The second kappa shape index (κ2) is 8.64. The molecule has 0 aromatic rings. The van der Waals surface area contributed by atoms with Crippen LogP contribution in [0.4, 0.5) is 0 Å². The summed E-state index contributed by atoms with van der Waals surface area (Å²) in [5.74, 6) is 1.95. The Morgan fingerprint density at radius 1 is 0.912 bits per heavy atom. The number of aliphatic hydroxyl groups is 4. The van der Waals surface area contributed by atoms with Gasteiger partial charge in [0.1, 0.15) is 18.3 Å². The first-order valence-corrected chi connectivity index (χ1v) is 13.7. The van der Waals surface area contributed by atoms with Crippen LogP contribution in [0.15, 0.2) is 0 Å². The van der Waals surface area contributed by atoms with E-state index >= 15 is 0 Å². The summed E-state index contributed by atoms with van der Waals surface area (Å²) in [6, 6.07) is 0. The molecule has 7 nitrogen and oxygen atoms in total. The summed E-state index contributed by atoms with van der Waals surface area (Å²) in [6.45, 7) is 8.47. The Morgan fingerprint density at radius 2 is 1.65 bits per heavy atom. The van der Waals surface area contributed by atoms with Gasteiger partial charge in [0.2, 0.25) is 0 Å². The highest BCUT2D eigenvalue weighted by Gasteiger charge is 2.66. The van der Waals surface area contributed by atoms with E-state index in [0.717, 1.165) is 51.4 Å². The van der Waals surface area contributed by atoms with E-state index in [9.17, 15) is 20.4 Å². The van der Waals surface area contributed by atoms with Gasteiger partial charge in [-0.25, -0.2) is 0 Å². The van der Waals surface area contributed by atoms with Crippen LogP contribution in [0.2, 0.25) is 0 Å². The molecule has 1 aliphatic heterocycles.